The summed E-state index contributed by atoms with van der Waals surface area (Å²) in [6.45, 7) is 4.14. The number of aromatic hydroxyl groups is 2. The highest BCUT2D eigenvalue weighted by atomic mass is 32.2. The lowest BCUT2D eigenvalue weighted by atomic mass is 9.87. The van der Waals surface area contributed by atoms with Gasteiger partial charge in [-0.05, 0) is 40.5 Å². The van der Waals surface area contributed by atoms with Gasteiger partial charge in [0.05, 0.1) is 0 Å². The highest BCUT2D eigenvalue weighted by Crippen LogP contribution is 2.39. The molecule has 0 fully saturated rings. The van der Waals surface area contributed by atoms with Crippen LogP contribution in [0, 0.1) is 0 Å². The van der Waals surface area contributed by atoms with E-state index < -0.39 is 20.8 Å². The quantitative estimate of drug-likeness (QED) is 0.285. The van der Waals surface area contributed by atoms with Crippen molar-refractivity contribution in [3.8, 4) is 22.6 Å². The van der Waals surface area contributed by atoms with Gasteiger partial charge in [0.2, 0.25) is 0 Å². The lowest BCUT2D eigenvalue weighted by molar-refractivity contribution is 0.444. The maximum absolute atomic E-state index is 11.6. The SMILES string of the molecule is CC(c1ccccc1)c1ccc(C(C)c2cc(-c3cccc(S(=O)(=O)O)c3O)ccc2O)cc1. The number of hydrogen-bond donors (Lipinski definition) is 3. The van der Waals surface area contributed by atoms with Crippen LogP contribution in [0.15, 0.2) is 95.9 Å². The second-order valence-electron chi connectivity index (χ2n) is 8.42. The highest BCUT2D eigenvalue weighted by molar-refractivity contribution is 7.86. The zero-order chi connectivity index (χ0) is 24.5. The summed E-state index contributed by atoms with van der Waals surface area (Å²) in [4.78, 5) is -0.559. The third kappa shape index (κ3) is 4.69. The Bertz CT molecular complexity index is 1410. The second kappa shape index (κ2) is 9.33. The fraction of sp³-hybridized carbons (Fsp3) is 0.143. The van der Waals surface area contributed by atoms with E-state index in [9.17, 15) is 23.2 Å². The Labute approximate surface area is 199 Å². The molecule has 4 rings (SSSR count). The number of phenols is 2. The first-order valence-electron chi connectivity index (χ1n) is 10.9. The second-order valence-corrected chi connectivity index (χ2v) is 9.81. The summed E-state index contributed by atoms with van der Waals surface area (Å²) in [5.41, 5.74) is 4.84. The monoisotopic (exact) mass is 474 g/mol. The molecule has 0 spiro atoms. The summed E-state index contributed by atoms with van der Waals surface area (Å²) in [7, 11) is -4.57. The number of para-hydroxylation sites is 1. The number of rotatable bonds is 6. The van der Waals surface area contributed by atoms with E-state index in [1.807, 2.05) is 37.3 Å². The van der Waals surface area contributed by atoms with Crippen LogP contribution < -0.4 is 0 Å². The molecule has 0 saturated heterocycles. The first-order chi connectivity index (χ1) is 16.2. The van der Waals surface area contributed by atoms with Crippen molar-refractivity contribution in [1.82, 2.24) is 0 Å². The number of phenolic OH excluding ortho intramolecular Hbond substituents is 2. The molecule has 0 aliphatic carbocycles. The van der Waals surface area contributed by atoms with Crippen LogP contribution in [0.3, 0.4) is 0 Å². The molecule has 0 amide bonds. The van der Waals surface area contributed by atoms with Crippen LogP contribution in [0.2, 0.25) is 0 Å². The van der Waals surface area contributed by atoms with Gasteiger partial charge in [-0.25, -0.2) is 0 Å². The molecule has 2 atom stereocenters. The smallest absolute Gasteiger partial charge is 0.298 e. The minimum Gasteiger partial charge on any atom is -0.508 e. The molecule has 34 heavy (non-hydrogen) atoms. The van der Waals surface area contributed by atoms with Crippen molar-refractivity contribution >= 4 is 10.1 Å². The van der Waals surface area contributed by atoms with Crippen LogP contribution in [0.25, 0.3) is 11.1 Å². The van der Waals surface area contributed by atoms with Crippen molar-refractivity contribution in [2.24, 2.45) is 0 Å². The van der Waals surface area contributed by atoms with Crippen molar-refractivity contribution in [2.75, 3.05) is 0 Å². The molecule has 0 aliphatic rings. The van der Waals surface area contributed by atoms with E-state index in [0.717, 1.165) is 11.6 Å². The van der Waals surface area contributed by atoms with Crippen LogP contribution in [0.1, 0.15) is 47.9 Å². The largest absolute Gasteiger partial charge is 0.508 e. The number of benzene rings is 4. The molecule has 5 nitrogen and oxygen atoms in total. The predicted molar refractivity (Wildman–Crippen MR) is 133 cm³/mol. The Morgan fingerprint density at radius 2 is 1.26 bits per heavy atom. The van der Waals surface area contributed by atoms with Crippen LogP contribution in [0.5, 0.6) is 11.5 Å². The van der Waals surface area contributed by atoms with Gasteiger partial charge in [-0.15, -0.1) is 0 Å². The van der Waals surface area contributed by atoms with Gasteiger partial charge in [0, 0.05) is 23.0 Å². The molecule has 4 aromatic carbocycles. The first-order valence-corrected chi connectivity index (χ1v) is 12.4. The van der Waals surface area contributed by atoms with E-state index >= 15 is 0 Å². The van der Waals surface area contributed by atoms with E-state index in [-0.39, 0.29) is 23.1 Å². The van der Waals surface area contributed by atoms with Crippen molar-refractivity contribution in [3.63, 3.8) is 0 Å². The Kier molecular flexibility index (Phi) is 6.46. The van der Waals surface area contributed by atoms with Crippen molar-refractivity contribution in [3.05, 3.63) is 113 Å². The predicted octanol–water partition coefficient (Wildman–Crippen LogP) is 6.32. The van der Waals surface area contributed by atoms with Gasteiger partial charge in [0.1, 0.15) is 16.4 Å². The van der Waals surface area contributed by atoms with Crippen LogP contribution in [-0.4, -0.2) is 23.2 Å². The molecule has 0 saturated carbocycles. The van der Waals surface area contributed by atoms with E-state index in [4.69, 9.17) is 0 Å². The maximum atomic E-state index is 11.6. The van der Waals surface area contributed by atoms with Crippen LogP contribution in [-0.2, 0) is 10.1 Å². The molecule has 0 aromatic heterocycles. The third-order valence-corrected chi connectivity index (χ3v) is 7.20. The van der Waals surface area contributed by atoms with Crippen molar-refractivity contribution in [1.29, 1.82) is 0 Å². The highest BCUT2D eigenvalue weighted by Gasteiger charge is 2.20. The fourth-order valence-electron chi connectivity index (χ4n) is 4.22. The van der Waals surface area contributed by atoms with Gasteiger partial charge in [-0.2, -0.15) is 8.42 Å². The Morgan fingerprint density at radius 3 is 1.88 bits per heavy atom. The molecular formula is C28H26O5S. The summed E-state index contributed by atoms with van der Waals surface area (Å²) in [6, 6.07) is 27.5. The molecule has 0 bridgehead atoms. The van der Waals surface area contributed by atoms with E-state index in [0.29, 0.717) is 11.1 Å². The molecule has 3 N–H and O–H groups in total. The van der Waals surface area contributed by atoms with Gasteiger partial charge in [-0.1, -0.05) is 86.6 Å². The summed E-state index contributed by atoms with van der Waals surface area (Å²) < 4.78 is 32.5. The molecule has 2 unspecified atom stereocenters. The Hall–Kier alpha value is -3.61. The number of hydrogen-bond acceptors (Lipinski definition) is 4. The zero-order valence-electron chi connectivity index (χ0n) is 18.9. The normalized spacial score (nSPS) is 13.4. The summed E-state index contributed by atoms with van der Waals surface area (Å²) in [6.07, 6.45) is 0. The van der Waals surface area contributed by atoms with Gasteiger partial charge < -0.3 is 10.2 Å². The van der Waals surface area contributed by atoms with E-state index in [1.165, 1.54) is 23.3 Å². The first kappa shape index (κ1) is 23.5. The molecule has 6 heteroatoms. The third-order valence-electron chi connectivity index (χ3n) is 6.32. The van der Waals surface area contributed by atoms with Gasteiger partial charge >= 0.3 is 0 Å². The van der Waals surface area contributed by atoms with Crippen LogP contribution >= 0.6 is 0 Å². The van der Waals surface area contributed by atoms with Gasteiger partial charge in [0.25, 0.3) is 10.1 Å². The molecule has 4 aromatic rings. The van der Waals surface area contributed by atoms with Crippen molar-refractivity contribution < 1.29 is 23.2 Å². The van der Waals surface area contributed by atoms with Crippen LogP contribution in [0.4, 0.5) is 0 Å². The van der Waals surface area contributed by atoms with Crippen molar-refractivity contribution in [2.45, 2.75) is 30.6 Å². The summed E-state index contributed by atoms with van der Waals surface area (Å²) in [5.74, 6) is -0.342. The Balaban J connectivity index is 1.66. The average Bonchev–Trinajstić information content (AvgIpc) is 2.84. The zero-order valence-corrected chi connectivity index (χ0v) is 19.7. The molecule has 0 aliphatic heterocycles. The average molecular weight is 475 g/mol. The summed E-state index contributed by atoms with van der Waals surface area (Å²) >= 11 is 0. The molecular weight excluding hydrogens is 448 g/mol. The lowest BCUT2D eigenvalue weighted by Crippen LogP contribution is -2.01. The van der Waals surface area contributed by atoms with E-state index in [2.05, 4.69) is 31.2 Å². The molecule has 0 heterocycles. The lowest BCUT2D eigenvalue weighted by Gasteiger charge is -2.18. The summed E-state index contributed by atoms with van der Waals surface area (Å²) in [5, 5.41) is 21.0. The Morgan fingerprint density at radius 1 is 0.676 bits per heavy atom. The standard InChI is InChI=1S/C28H26O5S/c1-18(20-7-4-3-5-8-20)21-11-13-22(14-12-21)19(2)25-17-23(15-16-26(25)29)24-9-6-10-27(28(24)30)34(31,32)33/h3-19,29-30H,1-2H3,(H,31,32,33). The van der Waals surface area contributed by atoms with E-state index in [1.54, 1.807) is 18.2 Å². The minimum absolute atomic E-state index is 0.100. The molecule has 174 valence electrons. The van der Waals surface area contributed by atoms with Gasteiger partial charge in [0.15, 0.2) is 0 Å². The van der Waals surface area contributed by atoms with Gasteiger partial charge in [-0.3, -0.25) is 4.55 Å². The minimum atomic E-state index is -4.57. The fourth-order valence-corrected chi connectivity index (χ4v) is 4.82. The molecule has 0 radical (unpaired) electrons. The topological polar surface area (TPSA) is 94.8 Å². The maximum Gasteiger partial charge on any atom is 0.298 e.